The third-order valence-corrected chi connectivity index (χ3v) is 2.38. The van der Waals surface area contributed by atoms with Gasteiger partial charge in [-0.25, -0.2) is 4.39 Å². The van der Waals surface area contributed by atoms with Crippen LogP contribution < -0.4 is 4.90 Å². The number of benzene rings is 1. The minimum Gasteiger partial charge on any atom is -0.392 e. The molecule has 0 saturated carbocycles. The van der Waals surface area contributed by atoms with Crippen molar-refractivity contribution in [1.29, 1.82) is 0 Å². The predicted octanol–water partition coefficient (Wildman–Crippen LogP) is 1.79. The Kier molecular flexibility index (Phi) is 5.22. The van der Waals surface area contributed by atoms with E-state index in [1.165, 1.54) is 6.07 Å². The van der Waals surface area contributed by atoms with Crippen molar-refractivity contribution < 1.29 is 14.2 Å². The van der Waals surface area contributed by atoms with E-state index < -0.39 is 0 Å². The van der Waals surface area contributed by atoms with Crippen molar-refractivity contribution in [2.24, 2.45) is 0 Å². The van der Waals surface area contributed by atoms with E-state index in [9.17, 15) is 4.39 Å². The van der Waals surface area contributed by atoms with E-state index >= 15 is 0 Å². The zero-order valence-corrected chi connectivity index (χ0v) is 9.74. The van der Waals surface area contributed by atoms with Gasteiger partial charge in [0.05, 0.1) is 18.9 Å². The number of rotatable bonds is 6. The van der Waals surface area contributed by atoms with Gasteiger partial charge < -0.3 is 14.7 Å². The van der Waals surface area contributed by atoms with E-state index in [0.717, 1.165) is 0 Å². The fraction of sp³-hybridized carbons (Fsp3) is 0.500. The lowest BCUT2D eigenvalue weighted by atomic mass is 10.2. The Morgan fingerprint density at radius 3 is 2.75 bits per heavy atom. The molecule has 0 radical (unpaired) electrons. The van der Waals surface area contributed by atoms with Crippen molar-refractivity contribution in [2.45, 2.75) is 13.5 Å². The third-order valence-electron chi connectivity index (χ3n) is 2.38. The highest BCUT2D eigenvalue weighted by atomic mass is 19.1. The Morgan fingerprint density at radius 1 is 1.44 bits per heavy atom. The molecule has 16 heavy (non-hydrogen) atoms. The zero-order chi connectivity index (χ0) is 12.0. The minimum atomic E-state index is -0.314. The highest BCUT2D eigenvalue weighted by Crippen LogP contribution is 2.19. The molecule has 90 valence electrons. The van der Waals surface area contributed by atoms with Gasteiger partial charge in [0.1, 0.15) is 5.82 Å². The Hall–Kier alpha value is -1.13. The highest BCUT2D eigenvalue weighted by molar-refractivity contribution is 5.48. The van der Waals surface area contributed by atoms with Gasteiger partial charge in [-0.3, -0.25) is 0 Å². The number of aliphatic hydroxyl groups is 1. The molecule has 0 aliphatic carbocycles. The fourth-order valence-electron chi connectivity index (χ4n) is 1.42. The average Bonchev–Trinajstić information content (AvgIpc) is 2.29. The summed E-state index contributed by atoms with van der Waals surface area (Å²) in [6.45, 7) is 3.67. The fourth-order valence-corrected chi connectivity index (χ4v) is 1.42. The van der Waals surface area contributed by atoms with Crippen LogP contribution in [0.5, 0.6) is 0 Å². The van der Waals surface area contributed by atoms with E-state index in [-0.39, 0.29) is 12.4 Å². The van der Waals surface area contributed by atoms with Crippen molar-refractivity contribution in [1.82, 2.24) is 0 Å². The van der Waals surface area contributed by atoms with Crippen LogP contribution in [-0.2, 0) is 11.3 Å². The van der Waals surface area contributed by atoms with E-state index in [0.29, 0.717) is 31.0 Å². The number of hydrogen-bond acceptors (Lipinski definition) is 3. The van der Waals surface area contributed by atoms with Crippen LogP contribution in [0.4, 0.5) is 10.1 Å². The zero-order valence-electron chi connectivity index (χ0n) is 9.74. The van der Waals surface area contributed by atoms with Crippen LogP contribution in [0.15, 0.2) is 18.2 Å². The summed E-state index contributed by atoms with van der Waals surface area (Å²) < 4.78 is 18.8. The standard InChI is InChI=1S/C12H18FNO2/c1-3-16-7-6-14(2)12-5-4-10(9-15)8-11(12)13/h4-5,8,15H,3,6-7,9H2,1-2H3. The van der Waals surface area contributed by atoms with E-state index in [1.54, 1.807) is 17.0 Å². The molecule has 0 unspecified atom stereocenters. The Bertz CT molecular complexity index is 331. The summed E-state index contributed by atoms with van der Waals surface area (Å²) in [5.74, 6) is -0.314. The van der Waals surface area contributed by atoms with Gasteiger partial charge in [0.15, 0.2) is 0 Å². The number of ether oxygens (including phenoxy) is 1. The van der Waals surface area contributed by atoms with Crippen LogP contribution in [-0.4, -0.2) is 31.9 Å². The van der Waals surface area contributed by atoms with Crippen molar-refractivity contribution in [3.63, 3.8) is 0 Å². The molecule has 3 nitrogen and oxygen atoms in total. The van der Waals surface area contributed by atoms with Crippen molar-refractivity contribution in [3.05, 3.63) is 29.6 Å². The van der Waals surface area contributed by atoms with Gasteiger partial charge in [0.2, 0.25) is 0 Å². The van der Waals surface area contributed by atoms with Crippen LogP contribution in [0.3, 0.4) is 0 Å². The molecule has 0 aromatic heterocycles. The summed E-state index contributed by atoms with van der Waals surface area (Å²) in [4.78, 5) is 1.80. The van der Waals surface area contributed by atoms with Crippen LogP contribution in [0.1, 0.15) is 12.5 Å². The van der Waals surface area contributed by atoms with Gasteiger partial charge in [0.25, 0.3) is 0 Å². The van der Waals surface area contributed by atoms with Gasteiger partial charge in [-0.1, -0.05) is 6.07 Å². The molecule has 0 fully saturated rings. The van der Waals surface area contributed by atoms with Crippen molar-refractivity contribution in [3.8, 4) is 0 Å². The van der Waals surface area contributed by atoms with Gasteiger partial charge in [-0.05, 0) is 24.6 Å². The average molecular weight is 227 g/mol. The normalized spacial score (nSPS) is 10.5. The topological polar surface area (TPSA) is 32.7 Å². The first-order chi connectivity index (χ1) is 7.69. The Balaban J connectivity index is 2.64. The van der Waals surface area contributed by atoms with Crippen LogP contribution in [0.2, 0.25) is 0 Å². The van der Waals surface area contributed by atoms with Crippen LogP contribution in [0, 0.1) is 5.82 Å². The summed E-state index contributed by atoms with van der Waals surface area (Å²) in [7, 11) is 1.82. The molecule has 1 rings (SSSR count). The Labute approximate surface area is 95.5 Å². The lowest BCUT2D eigenvalue weighted by Crippen LogP contribution is -2.23. The maximum Gasteiger partial charge on any atom is 0.146 e. The SMILES string of the molecule is CCOCCN(C)c1ccc(CO)cc1F. The molecule has 0 heterocycles. The molecular formula is C12H18FNO2. The molecule has 0 aliphatic rings. The summed E-state index contributed by atoms with van der Waals surface area (Å²) >= 11 is 0. The van der Waals surface area contributed by atoms with Gasteiger partial charge in [-0.2, -0.15) is 0 Å². The number of hydrogen-bond donors (Lipinski definition) is 1. The quantitative estimate of drug-likeness (QED) is 0.752. The lowest BCUT2D eigenvalue weighted by Gasteiger charge is -2.20. The van der Waals surface area contributed by atoms with E-state index in [4.69, 9.17) is 9.84 Å². The van der Waals surface area contributed by atoms with Crippen LogP contribution in [0.25, 0.3) is 0 Å². The second kappa shape index (κ2) is 6.45. The number of halogens is 1. The molecule has 1 aromatic carbocycles. The highest BCUT2D eigenvalue weighted by Gasteiger charge is 2.07. The second-order valence-electron chi connectivity index (χ2n) is 3.56. The molecule has 1 aromatic rings. The number of nitrogens with zero attached hydrogens (tertiary/aromatic N) is 1. The van der Waals surface area contributed by atoms with Gasteiger partial charge >= 0.3 is 0 Å². The van der Waals surface area contributed by atoms with Crippen molar-refractivity contribution >= 4 is 5.69 Å². The first-order valence-corrected chi connectivity index (χ1v) is 5.37. The second-order valence-corrected chi connectivity index (χ2v) is 3.56. The molecule has 0 aliphatic heterocycles. The largest absolute Gasteiger partial charge is 0.392 e. The van der Waals surface area contributed by atoms with E-state index in [2.05, 4.69) is 0 Å². The van der Waals surface area contributed by atoms with Crippen LogP contribution >= 0.6 is 0 Å². The number of anilines is 1. The van der Waals surface area contributed by atoms with E-state index in [1.807, 2.05) is 14.0 Å². The maximum absolute atomic E-state index is 13.6. The smallest absolute Gasteiger partial charge is 0.146 e. The summed E-state index contributed by atoms with van der Waals surface area (Å²) in [5.41, 5.74) is 1.11. The van der Waals surface area contributed by atoms with Crippen molar-refractivity contribution in [2.75, 3.05) is 31.7 Å². The molecule has 1 N–H and O–H groups in total. The number of likely N-dealkylation sites (N-methyl/N-ethyl adjacent to an activating group) is 1. The predicted molar refractivity (Wildman–Crippen MR) is 62.1 cm³/mol. The molecule has 0 amide bonds. The van der Waals surface area contributed by atoms with Gasteiger partial charge in [-0.15, -0.1) is 0 Å². The molecule has 0 spiro atoms. The summed E-state index contributed by atoms with van der Waals surface area (Å²) in [6.07, 6.45) is 0. The molecular weight excluding hydrogens is 209 g/mol. The van der Waals surface area contributed by atoms with Gasteiger partial charge in [0, 0.05) is 20.2 Å². The first-order valence-electron chi connectivity index (χ1n) is 5.37. The third kappa shape index (κ3) is 3.47. The minimum absolute atomic E-state index is 0.139. The monoisotopic (exact) mass is 227 g/mol. The molecule has 0 saturated heterocycles. The summed E-state index contributed by atoms with van der Waals surface area (Å²) in [6, 6.07) is 4.74. The first kappa shape index (κ1) is 12.9. The lowest BCUT2D eigenvalue weighted by molar-refractivity contribution is 0.154. The maximum atomic E-state index is 13.6. The Morgan fingerprint density at radius 2 is 2.19 bits per heavy atom. The summed E-state index contributed by atoms with van der Waals surface area (Å²) in [5, 5.41) is 8.86. The number of aliphatic hydroxyl groups excluding tert-OH is 1. The molecule has 4 heteroatoms. The molecule has 0 atom stereocenters. The molecule has 0 bridgehead atoms.